The number of aliphatic hydroxyl groups excluding tert-OH is 1. The number of aromatic nitrogens is 2. The van der Waals surface area contributed by atoms with E-state index in [9.17, 15) is 10.4 Å². The highest BCUT2D eigenvalue weighted by atomic mass is 16.5. The Morgan fingerprint density at radius 1 is 1.06 bits per heavy atom. The van der Waals surface area contributed by atoms with Crippen molar-refractivity contribution in [3.05, 3.63) is 83.4 Å². The molecule has 0 amide bonds. The molecule has 1 unspecified atom stereocenters. The third-order valence-corrected chi connectivity index (χ3v) is 5.95. The maximum absolute atomic E-state index is 10.5. The van der Waals surface area contributed by atoms with Gasteiger partial charge in [-0.25, -0.2) is 0 Å². The highest BCUT2D eigenvalue weighted by Gasteiger charge is 2.24. The van der Waals surface area contributed by atoms with Crippen LogP contribution in [0, 0.1) is 18.3 Å². The van der Waals surface area contributed by atoms with E-state index in [1.807, 2.05) is 43.3 Å². The fraction of sp³-hybridized carbons (Fsp3) is 0.250. The zero-order valence-electron chi connectivity index (χ0n) is 19.9. The summed E-state index contributed by atoms with van der Waals surface area (Å²) in [6.45, 7) is 9.67. The number of rotatable bonds is 6. The van der Waals surface area contributed by atoms with Gasteiger partial charge in [-0.05, 0) is 86.9 Å². The van der Waals surface area contributed by atoms with Crippen LogP contribution in [0.1, 0.15) is 37.5 Å². The van der Waals surface area contributed by atoms with Gasteiger partial charge in [-0.1, -0.05) is 0 Å². The smallest absolute Gasteiger partial charge is 0.146 e. The van der Waals surface area contributed by atoms with Crippen LogP contribution in [0.5, 0.6) is 5.75 Å². The van der Waals surface area contributed by atoms with Gasteiger partial charge in [-0.2, -0.15) is 5.26 Å². The summed E-state index contributed by atoms with van der Waals surface area (Å²) in [6.07, 6.45) is 4.45. The van der Waals surface area contributed by atoms with Crippen LogP contribution in [0.2, 0.25) is 0 Å². The first-order valence-corrected chi connectivity index (χ1v) is 11.5. The number of allylic oxidation sites excluding steroid dienone is 2. The van der Waals surface area contributed by atoms with Crippen molar-refractivity contribution < 1.29 is 9.84 Å². The third-order valence-electron chi connectivity index (χ3n) is 5.95. The summed E-state index contributed by atoms with van der Waals surface area (Å²) in [5.74, 6) is 1.03. The van der Waals surface area contributed by atoms with E-state index < -0.39 is 6.10 Å². The number of anilines is 1. The van der Waals surface area contributed by atoms with Crippen LogP contribution < -0.4 is 9.64 Å². The highest BCUT2D eigenvalue weighted by Crippen LogP contribution is 2.39. The van der Waals surface area contributed by atoms with E-state index >= 15 is 0 Å². The first kappa shape index (κ1) is 23.2. The molecule has 1 N–H and O–H groups in total. The van der Waals surface area contributed by atoms with Crippen LogP contribution in [0.15, 0.2) is 66.7 Å². The topological polar surface area (TPSA) is 82.3 Å². The van der Waals surface area contributed by atoms with Crippen LogP contribution in [-0.4, -0.2) is 34.3 Å². The molecule has 3 heterocycles. The summed E-state index contributed by atoms with van der Waals surface area (Å²) in [4.78, 5) is 11.1. The standard InChI is InChI=1S/C28H28N4O2/c1-5-32(6-2)21-7-8-22-23(19(4)33)16-28(34-27(22)15-21)24(17-29)20-10-12-31-26(14-20)25-13-18(3)9-11-30-25/h7-16,19,33H,5-6H2,1-4H3/b28-24-. The number of aryl methyl sites for hydroxylation is 1. The van der Waals surface area contributed by atoms with Gasteiger partial charge in [-0.15, -0.1) is 0 Å². The number of hydrogen-bond acceptors (Lipinski definition) is 6. The fourth-order valence-electron chi connectivity index (χ4n) is 4.12. The molecular formula is C28H28N4O2. The maximum atomic E-state index is 10.5. The minimum absolute atomic E-state index is 0.369. The first-order chi connectivity index (χ1) is 16.4. The van der Waals surface area contributed by atoms with E-state index in [2.05, 4.69) is 34.8 Å². The Labute approximate surface area is 200 Å². The summed E-state index contributed by atoms with van der Waals surface area (Å²) >= 11 is 0. The number of benzene rings is 1. The first-order valence-electron chi connectivity index (χ1n) is 11.5. The monoisotopic (exact) mass is 452 g/mol. The highest BCUT2D eigenvalue weighted by molar-refractivity contribution is 5.87. The van der Waals surface area contributed by atoms with Crippen LogP contribution in [0.4, 0.5) is 5.69 Å². The van der Waals surface area contributed by atoms with Crippen molar-refractivity contribution in [2.24, 2.45) is 0 Å². The molecule has 1 aromatic carbocycles. The predicted octanol–water partition coefficient (Wildman–Crippen LogP) is 5.39. The summed E-state index contributed by atoms with van der Waals surface area (Å²) in [6, 6.07) is 15.8. The Kier molecular flexibility index (Phi) is 6.76. The Bertz CT molecular complexity index is 1310. The minimum atomic E-state index is -0.721. The van der Waals surface area contributed by atoms with Gasteiger partial charge in [0.25, 0.3) is 0 Å². The van der Waals surface area contributed by atoms with E-state index in [1.54, 1.807) is 31.5 Å². The zero-order valence-corrected chi connectivity index (χ0v) is 19.9. The second-order valence-corrected chi connectivity index (χ2v) is 8.23. The summed E-state index contributed by atoms with van der Waals surface area (Å²) < 4.78 is 6.27. The molecule has 0 aliphatic carbocycles. The normalized spacial score (nSPS) is 14.9. The van der Waals surface area contributed by atoms with Gasteiger partial charge < -0.3 is 14.7 Å². The van der Waals surface area contributed by atoms with Crippen molar-refractivity contribution in [2.45, 2.75) is 33.8 Å². The van der Waals surface area contributed by atoms with E-state index in [0.717, 1.165) is 35.6 Å². The summed E-state index contributed by atoms with van der Waals surface area (Å²) in [5, 5.41) is 20.6. The quantitative estimate of drug-likeness (QED) is 0.505. The van der Waals surface area contributed by atoms with Gasteiger partial charge in [0, 0.05) is 42.8 Å². The molecule has 172 valence electrons. The number of nitriles is 1. The lowest BCUT2D eigenvalue weighted by atomic mass is 9.95. The van der Waals surface area contributed by atoms with E-state index in [0.29, 0.717) is 33.9 Å². The Hall–Kier alpha value is -3.95. The van der Waals surface area contributed by atoms with Crippen molar-refractivity contribution in [3.8, 4) is 23.2 Å². The molecule has 6 nitrogen and oxygen atoms in total. The van der Waals surface area contributed by atoms with Crippen LogP contribution in [0.25, 0.3) is 22.5 Å². The third kappa shape index (κ3) is 4.57. The Morgan fingerprint density at radius 2 is 1.76 bits per heavy atom. The lowest BCUT2D eigenvalue weighted by molar-refractivity contribution is 0.251. The Morgan fingerprint density at radius 3 is 2.41 bits per heavy atom. The number of pyridine rings is 2. The second-order valence-electron chi connectivity index (χ2n) is 8.23. The van der Waals surface area contributed by atoms with Gasteiger partial charge in [-0.3, -0.25) is 9.97 Å². The van der Waals surface area contributed by atoms with Gasteiger partial charge in [0.05, 0.1) is 17.5 Å². The molecule has 1 aliphatic rings. The average molecular weight is 453 g/mol. The number of ether oxygens (including phenoxy) is 1. The predicted molar refractivity (Wildman–Crippen MR) is 135 cm³/mol. The fourth-order valence-corrected chi connectivity index (χ4v) is 4.12. The summed E-state index contributed by atoms with van der Waals surface area (Å²) in [7, 11) is 0. The van der Waals surface area contributed by atoms with E-state index in [1.165, 1.54) is 0 Å². The SMILES string of the molecule is CCN(CC)c1ccc2c(c1)O/C(=C(/C#N)c1ccnc(-c3cc(C)ccn3)c1)C=C2C(C)O. The molecule has 0 radical (unpaired) electrons. The molecule has 0 saturated heterocycles. The van der Waals surface area contributed by atoms with Crippen LogP contribution in [0.3, 0.4) is 0 Å². The van der Waals surface area contributed by atoms with Crippen LogP contribution >= 0.6 is 0 Å². The number of aliphatic hydroxyl groups is 1. The van der Waals surface area contributed by atoms with Crippen molar-refractivity contribution in [1.29, 1.82) is 5.26 Å². The van der Waals surface area contributed by atoms with Gasteiger partial charge in [0.1, 0.15) is 23.2 Å². The van der Waals surface area contributed by atoms with Crippen molar-refractivity contribution >= 4 is 16.8 Å². The average Bonchev–Trinajstić information content (AvgIpc) is 2.85. The van der Waals surface area contributed by atoms with E-state index in [-0.39, 0.29) is 0 Å². The molecule has 1 aliphatic heterocycles. The molecule has 0 fully saturated rings. The molecule has 0 bridgehead atoms. The van der Waals surface area contributed by atoms with Gasteiger partial charge in [0.2, 0.25) is 0 Å². The van der Waals surface area contributed by atoms with Crippen molar-refractivity contribution in [1.82, 2.24) is 9.97 Å². The lowest BCUT2D eigenvalue weighted by Crippen LogP contribution is -2.22. The summed E-state index contributed by atoms with van der Waals surface area (Å²) in [5.41, 5.74) is 6.11. The molecule has 1 atom stereocenters. The number of fused-ring (bicyclic) bond motifs is 1. The molecular weight excluding hydrogens is 424 g/mol. The second kappa shape index (κ2) is 9.90. The molecule has 34 heavy (non-hydrogen) atoms. The van der Waals surface area contributed by atoms with E-state index in [4.69, 9.17) is 4.74 Å². The van der Waals surface area contributed by atoms with Gasteiger partial charge in [0.15, 0.2) is 0 Å². The lowest BCUT2D eigenvalue weighted by Gasteiger charge is -2.26. The molecule has 6 heteroatoms. The number of nitrogens with zero attached hydrogens (tertiary/aromatic N) is 4. The maximum Gasteiger partial charge on any atom is 0.146 e. The molecule has 0 spiro atoms. The minimum Gasteiger partial charge on any atom is -0.455 e. The molecule has 3 aromatic rings. The van der Waals surface area contributed by atoms with Crippen molar-refractivity contribution in [3.63, 3.8) is 0 Å². The Balaban J connectivity index is 1.83. The van der Waals surface area contributed by atoms with Crippen molar-refractivity contribution in [2.75, 3.05) is 18.0 Å². The zero-order chi connectivity index (χ0) is 24.2. The van der Waals surface area contributed by atoms with Gasteiger partial charge >= 0.3 is 0 Å². The molecule has 0 saturated carbocycles. The van der Waals surface area contributed by atoms with Crippen LogP contribution in [-0.2, 0) is 0 Å². The largest absolute Gasteiger partial charge is 0.455 e. The molecule has 2 aromatic heterocycles. The molecule has 4 rings (SSSR count). The number of hydrogen-bond donors (Lipinski definition) is 1.